The Balaban J connectivity index is 4.02. The van der Waals surface area contributed by atoms with Gasteiger partial charge in [0.25, 0.3) is 0 Å². The summed E-state index contributed by atoms with van der Waals surface area (Å²) in [6.45, 7) is 0. The van der Waals surface area contributed by atoms with Gasteiger partial charge in [0.05, 0.1) is 0 Å². The van der Waals surface area contributed by atoms with Crippen molar-refractivity contribution in [3.05, 3.63) is 30.3 Å². The first kappa shape index (κ1) is 48.1. The molecule has 0 aliphatic carbocycles. The van der Waals surface area contributed by atoms with Gasteiger partial charge in [0.1, 0.15) is 0 Å². The van der Waals surface area contributed by atoms with E-state index in [0.29, 0.717) is 24.3 Å². The van der Waals surface area contributed by atoms with Crippen LogP contribution in [0.1, 0.15) is 19.3 Å². The van der Waals surface area contributed by atoms with E-state index in [9.17, 15) is 119 Å². The van der Waals surface area contributed by atoms with E-state index in [-0.39, 0.29) is 0 Å². The summed E-state index contributed by atoms with van der Waals surface area (Å²) < 4.78 is 356. The molecule has 0 aliphatic heterocycles. The maximum absolute atomic E-state index is 14.5. The first-order valence-corrected chi connectivity index (χ1v) is 20.6. The van der Waals surface area contributed by atoms with Gasteiger partial charge in [-0.2, -0.15) is 0 Å². The minimum atomic E-state index is -7.72. The summed E-state index contributed by atoms with van der Waals surface area (Å²) in [6.07, 6.45) is -32.4. The molecule has 0 bridgehead atoms. The molecule has 0 saturated heterocycles. The Morgan fingerprint density at radius 3 is 0.712 bits per heavy atom. The molecule has 0 aromatic heterocycles. The molecule has 0 nitrogen and oxygen atoms in total. The number of alkyl halides is 27. The summed E-state index contributed by atoms with van der Waals surface area (Å²) >= 11 is -7.16. The normalized spacial score (nSPS) is 16.1. The molecular formula is C24H17F27Sn. The molecule has 0 heterocycles. The molecule has 306 valence electrons. The van der Waals surface area contributed by atoms with E-state index in [0.717, 1.165) is 6.07 Å². The molecule has 0 radical (unpaired) electrons. The third kappa shape index (κ3) is 8.21. The van der Waals surface area contributed by atoms with Crippen molar-refractivity contribution in [2.45, 2.75) is 104 Å². The van der Waals surface area contributed by atoms with Gasteiger partial charge in [-0.25, -0.2) is 0 Å². The average Bonchev–Trinajstić information content (AvgIpc) is 2.95. The van der Waals surface area contributed by atoms with Crippen molar-refractivity contribution in [1.29, 1.82) is 0 Å². The van der Waals surface area contributed by atoms with Crippen molar-refractivity contribution in [3.8, 4) is 0 Å². The van der Waals surface area contributed by atoms with Crippen LogP contribution in [0.2, 0.25) is 13.3 Å². The fourth-order valence-corrected chi connectivity index (χ4v) is 18.4. The Kier molecular flexibility index (Phi) is 13.0. The molecule has 0 amide bonds. The van der Waals surface area contributed by atoms with Gasteiger partial charge in [-0.3, -0.25) is 0 Å². The van der Waals surface area contributed by atoms with Crippen LogP contribution in [-0.2, 0) is 0 Å². The summed E-state index contributed by atoms with van der Waals surface area (Å²) in [5.41, 5.74) is 0. The van der Waals surface area contributed by atoms with Gasteiger partial charge < -0.3 is 0 Å². The van der Waals surface area contributed by atoms with Gasteiger partial charge in [-0.15, -0.1) is 0 Å². The second-order valence-electron chi connectivity index (χ2n) is 11.2. The summed E-state index contributed by atoms with van der Waals surface area (Å²) in [7, 11) is 0. The predicted molar refractivity (Wildman–Crippen MR) is 123 cm³/mol. The van der Waals surface area contributed by atoms with Crippen LogP contribution in [0.4, 0.5) is 119 Å². The monoisotopic (exact) mass is 938 g/mol. The molecule has 0 saturated carbocycles. The third-order valence-corrected chi connectivity index (χ3v) is 22.6. The Hall–Kier alpha value is -1.87. The molecule has 28 heteroatoms. The summed E-state index contributed by atoms with van der Waals surface area (Å²) in [6, 6.07) is 2.50. The zero-order valence-electron chi connectivity index (χ0n) is 24.3. The van der Waals surface area contributed by atoms with Gasteiger partial charge in [-0.05, 0) is 0 Å². The Morgan fingerprint density at radius 2 is 0.519 bits per heavy atom. The molecule has 0 atom stereocenters. The number of benzene rings is 1. The number of halogens is 27. The minimum absolute atomic E-state index is 0.303. The summed E-state index contributed by atoms with van der Waals surface area (Å²) in [4.78, 5) is 0. The van der Waals surface area contributed by atoms with E-state index in [4.69, 9.17) is 0 Å². The maximum atomic E-state index is 14.5. The summed E-state index contributed by atoms with van der Waals surface area (Å²) in [5, 5.41) is 0. The van der Waals surface area contributed by atoms with E-state index in [1.54, 1.807) is 0 Å². The Morgan fingerprint density at radius 1 is 0.308 bits per heavy atom. The van der Waals surface area contributed by atoms with Crippen molar-refractivity contribution in [1.82, 2.24) is 0 Å². The topological polar surface area (TPSA) is 0 Å². The fraction of sp³-hybridized carbons (Fsp3) is 0.750. The van der Waals surface area contributed by atoms with Crippen LogP contribution in [-0.4, -0.2) is 90.2 Å². The molecule has 0 unspecified atom stereocenters. The van der Waals surface area contributed by atoms with Crippen molar-refractivity contribution in [2.24, 2.45) is 0 Å². The van der Waals surface area contributed by atoms with Crippen LogP contribution in [0.25, 0.3) is 0 Å². The molecule has 1 aromatic rings. The van der Waals surface area contributed by atoms with Crippen LogP contribution in [0.3, 0.4) is 0 Å². The molecule has 0 fully saturated rings. The van der Waals surface area contributed by atoms with Crippen molar-refractivity contribution < 1.29 is 119 Å². The van der Waals surface area contributed by atoms with Crippen LogP contribution in [0, 0.1) is 0 Å². The predicted octanol–water partition coefficient (Wildman–Crippen LogP) is 11.9. The van der Waals surface area contributed by atoms with Crippen molar-refractivity contribution in [2.75, 3.05) is 0 Å². The third-order valence-electron chi connectivity index (χ3n) is 7.77. The summed E-state index contributed by atoms with van der Waals surface area (Å²) in [5.74, 6) is -66.4. The van der Waals surface area contributed by atoms with E-state index < -0.39 is 126 Å². The standard InChI is InChI=1S/3C6H4F9.C6H5.Sn/c3*1-2-3(7,8)4(9,10)5(11,12)6(13,14)15;1-2-4-6-5-3-1;/h3*1-2H2;1-5H;. The van der Waals surface area contributed by atoms with Crippen molar-refractivity contribution >= 4 is 22.0 Å². The average molecular weight is 937 g/mol. The number of hydrogen-bond donors (Lipinski definition) is 0. The molecule has 0 spiro atoms. The first-order valence-electron chi connectivity index (χ1n) is 13.1. The number of hydrogen-bond acceptors (Lipinski definition) is 0. The van der Waals surface area contributed by atoms with Crippen LogP contribution in [0.15, 0.2) is 30.3 Å². The van der Waals surface area contributed by atoms with Gasteiger partial charge in [-0.1, -0.05) is 0 Å². The van der Waals surface area contributed by atoms with Gasteiger partial charge in [0, 0.05) is 0 Å². The first-order chi connectivity index (χ1) is 22.5. The fourth-order valence-electron chi connectivity index (χ4n) is 4.48. The zero-order chi connectivity index (χ0) is 41.9. The second-order valence-corrected chi connectivity index (χ2v) is 24.4. The zero-order valence-corrected chi connectivity index (χ0v) is 27.2. The van der Waals surface area contributed by atoms with Crippen LogP contribution in [0.5, 0.6) is 0 Å². The van der Waals surface area contributed by atoms with Gasteiger partial charge in [0.15, 0.2) is 0 Å². The SMILES string of the molecule is FC(F)(F)C(F)(F)C(F)(F)C(F)(F)C[CH2][Sn]([CH2]CC(F)(F)C(F)(F)C(F)(F)C(F)(F)F)([CH2]CC(F)(F)C(F)(F)C(F)(F)C(F)(F)F)[c]1ccccc1. The van der Waals surface area contributed by atoms with Crippen molar-refractivity contribution in [3.63, 3.8) is 0 Å². The van der Waals surface area contributed by atoms with E-state index in [1.165, 1.54) is 0 Å². The Bertz CT molecular complexity index is 1210. The van der Waals surface area contributed by atoms with Gasteiger partial charge >= 0.3 is 275 Å². The van der Waals surface area contributed by atoms with Gasteiger partial charge in [0.2, 0.25) is 0 Å². The number of rotatable bonds is 16. The van der Waals surface area contributed by atoms with E-state index >= 15 is 0 Å². The molecule has 1 rings (SSSR count). The van der Waals surface area contributed by atoms with E-state index in [2.05, 4.69) is 0 Å². The molecule has 52 heavy (non-hydrogen) atoms. The molecule has 1 aromatic carbocycles. The quantitative estimate of drug-likeness (QED) is 0.114. The Labute approximate surface area is 275 Å². The second kappa shape index (κ2) is 14.0. The molecule has 0 N–H and O–H groups in total. The molecular weight excluding hydrogens is 920 g/mol. The van der Waals surface area contributed by atoms with Crippen LogP contribution < -0.4 is 3.58 Å². The van der Waals surface area contributed by atoms with E-state index in [1.807, 2.05) is 0 Å². The van der Waals surface area contributed by atoms with Crippen LogP contribution >= 0.6 is 0 Å². The molecule has 0 aliphatic rings.